The van der Waals surface area contributed by atoms with E-state index in [9.17, 15) is 14.4 Å². The number of esters is 3. The van der Waals surface area contributed by atoms with Crippen molar-refractivity contribution >= 4 is 23.6 Å². The Morgan fingerprint density at radius 3 is 2.00 bits per heavy atom. The summed E-state index contributed by atoms with van der Waals surface area (Å²) >= 11 is 0. The molecular weight excluding hydrogens is 234 g/mol. The summed E-state index contributed by atoms with van der Waals surface area (Å²) in [6.07, 6.45) is 0. The second-order valence-corrected chi connectivity index (χ2v) is 2.50. The zero-order valence-corrected chi connectivity index (χ0v) is 9.72. The maximum atomic E-state index is 11.1. The van der Waals surface area contributed by atoms with Gasteiger partial charge in [0.2, 0.25) is 6.61 Å². The highest BCUT2D eigenvalue weighted by molar-refractivity contribution is 6.62. The van der Waals surface area contributed by atoms with Crippen LogP contribution in [-0.4, -0.2) is 51.1 Å². The van der Waals surface area contributed by atoms with Gasteiger partial charge in [0.25, 0.3) is 5.71 Å². The summed E-state index contributed by atoms with van der Waals surface area (Å²) in [7, 11) is 2.12. The number of rotatable bonds is 6. The predicted octanol–water partition coefficient (Wildman–Crippen LogP) is -0.732. The van der Waals surface area contributed by atoms with Crippen molar-refractivity contribution in [3.05, 3.63) is 0 Å². The van der Waals surface area contributed by atoms with Crippen LogP contribution in [-0.2, 0) is 33.4 Å². The molecule has 0 aromatic heterocycles. The van der Waals surface area contributed by atoms with E-state index in [1.54, 1.807) is 6.92 Å². The smallest absolute Gasteiger partial charge is 0.367 e. The fourth-order valence-electron chi connectivity index (χ4n) is 0.703. The lowest BCUT2D eigenvalue weighted by molar-refractivity contribution is -0.149. The molecular formula is C9H13NO7. The van der Waals surface area contributed by atoms with Crippen LogP contribution >= 0.6 is 0 Å². The van der Waals surface area contributed by atoms with Gasteiger partial charge in [-0.25, -0.2) is 14.4 Å². The molecule has 8 nitrogen and oxygen atoms in total. The van der Waals surface area contributed by atoms with Crippen molar-refractivity contribution in [1.29, 1.82) is 0 Å². The Balaban J connectivity index is 4.45. The highest BCUT2D eigenvalue weighted by Crippen LogP contribution is 1.91. The predicted molar refractivity (Wildman–Crippen MR) is 54.1 cm³/mol. The van der Waals surface area contributed by atoms with Gasteiger partial charge in [-0.1, -0.05) is 5.16 Å². The molecule has 0 aromatic rings. The van der Waals surface area contributed by atoms with Crippen LogP contribution in [0.15, 0.2) is 5.16 Å². The number of carbonyl (C=O) groups is 3. The first-order valence-electron chi connectivity index (χ1n) is 4.59. The molecule has 0 atom stereocenters. The fraction of sp³-hybridized carbons (Fsp3) is 0.556. The van der Waals surface area contributed by atoms with Gasteiger partial charge in [0, 0.05) is 0 Å². The number of ether oxygens (including phenoxy) is 3. The number of hydrogen-bond donors (Lipinski definition) is 0. The summed E-state index contributed by atoms with van der Waals surface area (Å²) in [6, 6.07) is 0. The van der Waals surface area contributed by atoms with Crippen molar-refractivity contribution in [1.82, 2.24) is 0 Å². The fourth-order valence-corrected chi connectivity index (χ4v) is 0.703. The minimum absolute atomic E-state index is 0.187. The van der Waals surface area contributed by atoms with Crippen LogP contribution in [0.2, 0.25) is 0 Å². The van der Waals surface area contributed by atoms with Gasteiger partial charge >= 0.3 is 17.9 Å². The molecule has 0 aliphatic carbocycles. The summed E-state index contributed by atoms with van der Waals surface area (Å²) in [5.41, 5.74) is -0.695. The van der Waals surface area contributed by atoms with Gasteiger partial charge in [-0.2, -0.15) is 0 Å². The van der Waals surface area contributed by atoms with Gasteiger partial charge in [-0.15, -0.1) is 0 Å². The maximum Gasteiger partial charge on any atom is 0.367 e. The van der Waals surface area contributed by atoms with E-state index in [2.05, 4.69) is 24.2 Å². The monoisotopic (exact) mass is 247 g/mol. The number of methoxy groups -OCH3 is 2. The van der Waals surface area contributed by atoms with Crippen molar-refractivity contribution in [3.63, 3.8) is 0 Å². The Bertz CT molecular complexity index is 305. The van der Waals surface area contributed by atoms with Crippen LogP contribution in [0.25, 0.3) is 0 Å². The lowest BCUT2D eigenvalue weighted by Gasteiger charge is -2.03. The molecule has 0 unspecified atom stereocenters. The number of oxime groups is 1. The average Bonchev–Trinajstić information content (AvgIpc) is 2.33. The van der Waals surface area contributed by atoms with E-state index in [4.69, 9.17) is 0 Å². The third kappa shape index (κ3) is 5.50. The molecule has 0 amide bonds. The first-order valence-corrected chi connectivity index (χ1v) is 4.59. The SMILES string of the molecule is CCOC(=O)CON=C(C(=O)OC)C(=O)OC. The zero-order chi connectivity index (χ0) is 13.3. The Hall–Kier alpha value is -2.12. The van der Waals surface area contributed by atoms with Gasteiger partial charge in [0.1, 0.15) is 0 Å². The lowest BCUT2D eigenvalue weighted by atomic mass is 10.4. The molecule has 0 saturated carbocycles. The molecule has 0 aliphatic rings. The van der Waals surface area contributed by atoms with Gasteiger partial charge in [0.15, 0.2) is 0 Å². The second-order valence-electron chi connectivity index (χ2n) is 2.50. The van der Waals surface area contributed by atoms with Gasteiger partial charge in [0.05, 0.1) is 20.8 Å². The number of nitrogens with zero attached hydrogens (tertiary/aromatic N) is 1. The molecule has 8 heteroatoms. The highest BCUT2D eigenvalue weighted by atomic mass is 16.7. The summed E-state index contributed by atoms with van der Waals surface area (Å²) in [4.78, 5) is 37.4. The molecule has 96 valence electrons. The molecule has 0 aliphatic heterocycles. The van der Waals surface area contributed by atoms with E-state index in [1.807, 2.05) is 0 Å². The molecule has 0 aromatic carbocycles. The molecule has 0 spiro atoms. The summed E-state index contributed by atoms with van der Waals surface area (Å²) in [6.45, 7) is 1.29. The molecule has 0 radical (unpaired) electrons. The number of hydrogen-bond acceptors (Lipinski definition) is 8. The van der Waals surface area contributed by atoms with Crippen molar-refractivity contribution < 1.29 is 33.4 Å². The van der Waals surface area contributed by atoms with E-state index in [0.717, 1.165) is 14.2 Å². The maximum absolute atomic E-state index is 11.1. The minimum atomic E-state index is -1.03. The van der Waals surface area contributed by atoms with Gasteiger partial charge in [-0.05, 0) is 6.92 Å². The third-order valence-electron chi connectivity index (χ3n) is 1.40. The van der Waals surface area contributed by atoms with Crippen molar-refractivity contribution in [2.24, 2.45) is 5.16 Å². The summed E-state index contributed by atoms with van der Waals surface area (Å²) in [5, 5.41) is 3.15. The zero-order valence-electron chi connectivity index (χ0n) is 9.72. The van der Waals surface area contributed by atoms with Crippen molar-refractivity contribution in [2.75, 3.05) is 27.4 Å². The molecule has 0 rings (SSSR count). The molecule has 0 bridgehead atoms. The standard InChI is InChI=1S/C9H13NO7/c1-4-16-6(11)5-17-10-7(8(12)14-2)9(13)15-3/h4-5H2,1-3H3. The van der Waals surface area contributed by atoms with Crippen LogP contribution in [0.1, 0.15) is 6.92 Å². The van der Waals surface area contributed by atoms with E-state index in [0.29, 0.717) is 0 Å². The first-order chi connectivity index (χ1) is 8.06. The van der Waals surface area contributed by atoms with E-state index in [-0.39, 0.29) is 6.61 Å². The molecule has 0 heterocycles. The first kappa shape index (κ1) is 14.9. The van der Waals surface area contributed by atoms with Crippen LogP contribution in [0.4, 0.5) is 0 Å². The van der Waals surface area contributed by atoms with Crippen molar-refractivity contribution in [3.8, 4) is 0 Å². The largest absolute Gasteiger partial charge is 0.464 e. The topological polar surface area (TPSA) is 100 Å². The van der Waals surface area contributed by atoms with Crippen LogP contribution in [0.5, 0.6) is 0 Å². The normalized spacial score (nSPS) is 8.88. The lowest BCUT2D eigenvalue weighted by Crippen LogP contribution is -2.27. The highest BCUT2D eigenvalue weighted by Gasteiger charge is 2.23. The average molecular weight is 247 g/mol. The Morgan fingerprint density at radius 2 is 1.59 bits per heavy atom. The van der Waals surface area contributed by atoms with Crippen LogP contribution in [0, 0.1) is 0 Å². The minimum Gasteiger partial charge on any atom is -0.464 e. The Kier molecular flexibility index (Phi) is 7.07. The van der Waals surface area contributed by atoms with Gasteiger partial charge in [-0.3, -0.25) is 0 Å². The molecule has 0 fully saturated rings. The quantitative estimate of drug-likeness (QED) is 0.200. The molecule has 0 N–H and O–H groups in total. The van der Waals surface area contributed by atoms with Gasteiger partial charge < -0.3 is 19.0 Å². The van der Waals surface area contributed by atoms with Crippen molar-refractivity contribution in [2.45, 2.75) is 6.92 Å². The summed E-state index contributed by atoms with van der Waals surface area (Å²) in [5.74, 6) is -2.73. The van der Waals surface area contributed by atoms with Crippen LogP contribution < -0.4 is 0 Å². The van der Waals surface area contributed by atoms with E-state index in [1.165, 1.54) is 0 Å². The third-order valence-corrected chi connectivity index (χ3v) is 1.40. The Morgan fingerprint density at radius 1 is 1.06 bits per heavy atom. The molecule has 0 saturated heterocycles. The van der Waals surface area contributed by atoms with E-state index >= 15 is 0 Å². The second kappa shape index (κ2) is 8.08. The molecule has 17 heavy (non-hydrogen) atoms. The number of carbonyl (C=O) groups excluding carboxylic acids is 3. The van der Waals surface area contributed by atoms with Crippen LogP contribution in [0.3, 0.4) is 0 Å². The summed E-state index contributed by atoms with van der Waals surface area (Å²) < 4.78 is 13.1. The van der Waals surface area contributed by atoms with E-state index < -0.39 is 30.2 Å². The Labute approximate surface area is 97.4 Å².